The fourth-order valence-electron chi connectivity index (χ4n) is 2.33. The summed E-state index contributed by atoms with van der Waals surface area (Å²) in [4.78, 5) is 0. The van der Waals surface area contributed by atoms with E-state index in [0.29, 0.717) is 0 Å². The van der Waals surface area contributed by atoms with Gasteiger partial charge >= 0.3 is 0 Å². The summed E-state index contributed by atoms with van der Waals surface area (Å²) in [7, 11) is 0. The van der Waals surface area contributed by atoms with Gasteiger partial charge in [-0.15, -0.1) is 0 Å². The number of hydrogen-bond donors (Lipinski definition) is 1. The Balaban J connectivity index is 1.98. The van der Waals surface area contributed by atoms with Crippen LogP contribution in [0.2, 0.25) is 0 Å². The van der Waals surface area contributed by atoms with Gasteiger partial charge in [0.25, 0.3) is 0 Å². The predicted molar refractivity (Wildman–Crippen MR) is 66.5 cm³/mol. The van der Waals surface area contributed by atoms with Crippen molar-refractivity contribution in [1.82, 2.24) is 5.32 Å². The van der Waals surface area contributed by atoms with E-state index in [0.717, 1.165) is 32.1 Å². The van der Waals surface area contributed by atoms with Crippen molar-refractivity contribution in [2.24, 2.45) is 5.92 Å². The molecule has 3 nitrogen and oxygen atoms in total. The first-order valence-electron chi connectivity index (χ1n) is 6.80. The molecule has 0 heterocycles. The second-order valence-corrected chi connectivity index (χ2v) is 4.48. The van der Waals surface area contributed by atoms with E-state index in [1.165, 1.54) is 32.2 Å². The highest BCUT2D eigenvalue weighted by Crippen LogP contribution is 2.23. The average molecular weight is 229 g/mol. The van der Waals surface area contributed by atoms with Gasteiger partial charge in [-0.2, -0.15) is 0 Å². The average Bonchev–Trinajstić information content (AvgIpc) is 2.78. The Kier molecular flexibility index (Phi) is 7.81. The highest BCUT2D eigenvalue weighted by atomic mass is 16.7. The summed E-state index contributed by atoms with van der Waals surface area (Å²) in [6.45, 7) is 7.66. The summed E-state index contributed by atoms with van der Waals surface area (Å²) >= 11 is 0. The van der Waals surface area contributed by atoms with E-state index in [1.807, 2.05) is 13.8 Å². The molecule has 0 amide bonds. The summed E-state index contributed by atoms with van der Waals surface area (Å²) < 4.78 is 11.0. The SMILES string of the molecule is CCOC(CCNCC1CCCC1)OCC. The van der Waals surface area contributed by atoms with Gasteiger partial charge < -0.3 is 14.8 Å². The lowest BCUT2D eigenvalue weighted by Gasteiger charge is -2.17. The fourth-order valence-corrected chi connectivity index (χ4v) is 2.33. The largest absolute Gasteiger partial charge is 0.353 e. The predicted octanol–water partition coefficient (Wildman–Crippen LogP) is 2.56. The zero-order valence-corrected chi connectivity index (χ0v) is 10.8. The number of rotatable bonds is 9. The van der Waals surface area contributed by atoms with E-state index < -0.39 is 0 Å². The highest BCUT2D eigenvalue weighted by Gasteiger charge is 2.14. The van der Waals surface area contributed by atoms with Crippen molar-refractivity contribution in [3.63, 3.8) is 0 Å². The van der Waals surface area contributed by atoms with Gasteiger partial charge in [0.2, 0.25) is 0 Å². The molecule has 1 fully saturated rings. The fraction of sp³-hybridized carbons (Fsp3) is 1.00. The van der Waals surface area contributed by atoms with E-state index in [1.54, 1.807) is 0 Å². The number of hydrogen-bond acceptors (Lipinski definition) is 3. The van der Waals surface area contributed by atoms with Gasteiger partial charge in [0.05, 0.1) is 0 Å². The lowest BCUT2D eigenvalue weighted by atomic mass is 10.1. The Bertz CT molecular complexity index is 152. The van der Waals surface area contributed by atoms with Crippen LogP contribution in [-0.4, -0.2) is 32.6 Å². The molecule has 0 saturated heterocycles. The molecule has 0 aromatic carbocycles. The summed E-state index contributed by atoms with van der Waals surface area (Å²) in [5.74, 6) is 0.914. The standard InChI is InChI=1S/C13H27NO2/c1-3-15-13(16-4-2)9-10-14-11-12-7-5-6-8-12/h12-14H,3-11H2,1-2H3. The number of ether oxygens (including phenoxy) is 2. The third-order valence-electron chi connectivity index (χ3n) is 3.17. The van der Waals surface area contributed by atoms with Gasteiger partial charge in [0.1, 0.15) is 0 Å². The van der Waals surface area contributed by atoms with Crippen LogP contribution in [0.25, 0.3) is 0 Å². The molecule has 1 aliphatic carbocycles. The maximum Gasteiger partial charge on any atom is 0.158 e. The Hall–Kier alpha value is -0.120. The summed E-state index contributed by atoms with van der Waals surface area (Å²) in [6, 6.07) is 0. The van der Waals surface area contributed by atoms with Crippen LogP contribution < -0.4 is 5.32 Å². The van der Waals surface area contributed by atoms with Gasteiger partial charge in [-0.3, -0.25) is 0 Å². The molecule has 96 valence electrons. The third kappa shape index (κ3) is 5.83. The molecule has 1 rings (SSSR count). The van der Waals surface area contributed by atoms with Crippen molar-refractivity contribution in [1.29, 1.82) is 0 Å². The van der Waals surface area contributed by atoms with Crippen LogP contribution in [0, 0.1) is 5.92 Å². The van der Waals surface area contributed by atoms with Crippen LogP contribution in [0.3, 0.4) is 0 Å². The highest BCUT2D eigenvalue weighted by molar-refractivity contribution is 4.69. The van der Waals surface area contributed by atoms with Crippen molar-refractivity contribution < 1.29 is 9.47 Å². The topological polar surface area (TPSA) is 30.5 Å². The molecular formula is C13H27NO2. The molecule has 3 heteroatoms. The molecule has 0 aliphatic heterocycles. The van der Waals surface area contributed by atoms with Gasteiger partial charge in [-0.25, -0.2) is 0 Å². The molecule has 0 unspecified atom stereocenters. The lowest BCUT2D eigenvalue weighted by Crippen LogP contribution is -2.27. The molecule has 0 atom stereocenters. The Morgan fingerprint density at radius 2 is 1.75 bits per heavy atom. The van der Waals surface area contributed by atoms with Crippen LogP contribution in [0.5, 0.6) is 0 Å². The van der Waals surface area contributed by atoms with Gasteiger partial charge in [-0.05, 0) is 45.7 Å². The van der Waals surface area contributed by atoms with E-state index in [-0.39, 0.29) is 6.29 Å². The quantitative estimate of drug-likeness (QED) is 0.487. The molecule has 0 aromatic rings. The van der Waals surface area contributed by atoms with Crippen LogP contribution in [0.1, 0.15) is 46.0 Å². The minimum atomic E-state index is -0.0221. The minimum absolute atomic E-state index is 0.0221. The van der Waals surface area contributed by atoms with E-state index >= 15 is 0 Å². The molecule has 0 spiro atoms. The number of nitrogens with one attached hydrogen (secondary N) is 1. The molecule has 1 aliphatic rings. The Morgan fingerprint density at radius 3 is 2.31 bits per heavy atom. The van der Waals surface area contributed by atoms with Gasteiger partial charge in [0, 0.05) is 19.6 Å². The van der Waals surface area contributed by atoms with Crippen molar-refractivity contribution >= 4 is 0 Å². The van der Waals surface area contributed by atoms with E-state index in [2.05, 4.69) is 5.32 Å². The molecule has 0 bridgehead atoms. The second-order valence-electron chi connectivity index (χ2n) is 4.48. The van der Waals surface area contributed by atoms with Crippen LogP contribution in [0.15, 0.2) is 0 Å². The van der Waals surface area contributed by atoms with Crippen molar-refractivity contribution in [3.8, 4) is 0 Å². The molecule has 16 heavy (non-hydrogen) atoms. The van der Waals surface area contributed by atoms with E-state index in [4.69, 9.17) is 9.47 Å². The first-order valence-corrected chi connectivity index (χ1v) is 6.80. The van der Waals surface area contributed by atoms with Crippen LogP contribution in [0.4, 0.5) is 0 Å². The van der Waals surface area contributed by atoms with Crippen molar-refractivity contribution in [3.05, 3.63) is 0 Å². The molecule has 1 saturated carbocycles. The molecule has 0 radical (unpaired) electrons. The first-order chi connectivity index (χ1) is 7.86. The molecular weight excluding hydrogens is 202 g/mol. The van der Waals surface area contributed by atoms with E-state index in [9.17, 15) is 0 Å². The van der Waals surface area contributed by atoms with Gasteiger partial charge in [0.15, 0.2) is 6.29 Å². The van der Waals surface area contributed by atoms with Crippen LogP contribution >= 0.6 is 0 Å². The van der Waals surface area contributed by atoms with Crippen LogP contribution in [-0.2, 0) is 9.47 Å². The monoisotopic (exact) mass is 229 g/mol. The normalized spacial score (nSPS) is 17.4. The van der Waals surface area contributed by atoms with Crippen molar-refractivity contribution in [2.75, 3.05) is 26.3 Å². The summed E-state index contributed by atoms with van der Waals surface area (Å²) in [5.41, 5.74) is 0. The maximum absolute atomic E-state index is 5.49. The Morgan fingerprint density at radius 1 is 1.12 bits per heavy atom. The van der Waals surface area contributed by atoms with Gasteiger partial charge in [-0.1, -0.05) is 12.8 Å². The Labute approximate surface area is 99.9 Å². The molecule has 0 aromatic heterocycles. The molecule has 1 N–H and O–H groups in total. The third-order valence-corrected chi connectivity index (χ3v) is 3.17. The first kappa shape index (κ1) is 13.9. The summed E-state index contributed by atoms with van der Waals surface area (Å²) in [6.07, 6.45) is 6.60. The van der Waals surface area contributed by atoms with Crippen molar-refractivity contribution in [2.45, 2.75) is 52.2 Å². The zero-order valence-electron chi connectivity index (χ0n) is 10.8. The zero-order chi connectivity index (χ0) is 11.6. The second kappa shape index (κ2) is 8.97. The smallest absolute Gasteiger partial charge is 0.158 e. The summed E-state index contributed by atoms with van der Waals surface area (Å²) in [5, 5.41) is 3.51. The maximum atomic E-state index is 5.49. The minimum Gasteiger partial charge on any atom is -0.353 e. The lowest BCUT2D eigenvalue weighted by molar-refractivity contribution is -0.138.